The zero-order valence-electron chi connectivity index (χ0n) is 10.3. The molecule has 0 aromatic rings. The summed E-state index contributed by atoms with van der Waals surface area (Å²) < 4.78 is 0. The number of rotatable bonds is 3. The maximum Gasteiger partial charge on any atom is 0.0741 e. The van der Waals surface area contributed by atoms with Crippen molar-refractivity contribution in [2.75, 3.05) is 6.54 Å². The summed E-state index contributed by atoms with van der Waals surface area (Å²) >= 11 is 0. The summed E-state index contributed by atoms with van der Waals surface area (Å²) in [6, 6.07) is 0. The van der Waals surface area contributed by atoms with Crippen LogP contribution in [-0.4, -0.2) is 17.3 Å². The Morgan fingerprint density at radius 3 is 2.33 bits per heavy atom. The van der Waals surface area contributed by atoms with Gasteiger partial charge >= 0.3 is 0 Å². The van der Waals surface area contributed by atoms with E-state index in [0.29, 0.717) is 6.54 Å². The Morgan fingerprint density at radius 1 is 1.40 bits per heavy atom. The van der Waals surface area contributed by atoms with Crippen molar-refractivity contribution in [3.8, 4) is 0 Å². The van der Waals surface area contributed by atoms with Crippen LogP contribution in [0.3, 0.4) is 0 Å². The van der Waals surface area contributed by atoms with Crippen LogP contribution in [0.5, 0.6) is 0 Å². The second kappa shape index (κ2) is 3.21. The molecule has 0 spiro atoms. The molecule has 0 heterocycles. The van der Waals surface area contributed by atoms with Gasteiger partial charge in [0.1, 0.15) is 0 Å². The smallest absolute Gasteiger partial charge is 0.0741 e. The molecule has 2 nitrogen and oxygen atoms in total. The van der Waals surface area contributed by atoms with E-state index in [-0.39, 0.29) is 10.8 Å². The third kappa shape index (κ3) is 1.45. The summed E-state index contributed by atoms with van der Waals surface area (Å²) in [4.78, 5) is 0. The zero-order chi connectivity index (χ0) is 11.3. The van der Waals surface area contributed by atoms with Gasteiger partial charge in [-0.15, -0.1) is 0 Å². The fraction of sp³-hybridized carbons (Fsp3) is 1.00. The van der Waals surface area contributed by atoms with E-state index in [1.54, 1.807) is 0 Å². The lowest BCUT2D eigenvalue weighted by Gasteiger charge is -2.47. The molecular formula is C13H25NO. The molecule has 0 aromatic carbocycles. The van der Waals surface area contributed by atoms with Gasteiger partial charge in [0.15, 0.2) is 0 Å². The van der Waals surface area contributed by atoms with Crippen molar-refractivity contribution in [1.29, 1.82) is 0 Å². The monoisotopic (exact) mass is 211 g/mol. The van der Waals surface area contributed by atoms with E-state index in [2.05, 4.69) is 13.8 Å². The highest BCUT2D eigenvalue weighted by molar-refractivity contribution is 5.13. The first-order valence-electron chi connectivity index (χ1n) is 6.29. The summed E-state index contributed by atoms with van der Waals surface area (Å²) in [6.45, 7) is 7.17. The van der Waals surface area contributed by atoms with Crippen molar-refractivity contribution in [1.82, 2.24) is 0 Å². The molecule has 0 saturated heterocycles. The summed E-state index contributed by atoms with van der Waals surface area (Å²) in [5, 5.41) is 10.9. The fourth-order valence-corrected chi connectivity index (χ4v) is 3.53. The van der Waals surface area contributed by atoms with E-state index in [9.17, 15) is 5.11 Å². The maximum absolute atomic E-state index is 10.9. The quantitative estimate of drug-likeness (QED) is 0.752. The predicted octanol–water partition coefficient (Wildman–Crippen LogP) is 2.30. The molecule has 2 heteroatoms. The summed E-state index contributed by atoms with van der Waals surface area (Å²) in [5.41, 5.74) is 5.53. The second-order valence-corrected chi connectivity index (χ2v) is 6.47. The molecule has 2 saturated carbocycles. The average molecular weight is 211 g/mol. The van der Waals surface area contributed by atoms with Gasteiger partial charge in [-0.3, -0.25) is 0 Å². The molecule has 2 aliphatic carbocycles. The van der Waals surface area contributed by atoms with E-state index in [4.69, 9.17) is 5.73 Å². The molecule has 88 valence electrons. The molecule has 3 unspecified atom stereocenters. The minimum absolute atomic E-state index is 0.0162. The minimum Gasteiger partial charge on any atom is -0.389 e. The van der Waals surface area contributed by atoms with Gasteiger partial charge in [0.2, 0.25) is 0 Å². The number of hydrogen-bond acceptors (Lipinski definition) is 2. The molecule has 0 amide bonds. The molecule has 0 radical (unpaired) electrons. The maximum atomic E-state index is 10.9. The highest BCUT2D eigenvalue weighted by Crippen LogP contribution is 2.63. The van der Waals surface area contributed by atoms with Gasteiger partial charge in [-0.05, 0) is 43.9 Å². The van der Waals surface area contributed by atoms with E-state index in [1.807, 2.05) is 6.92 Å². The highest BCUT2D eigenvalue weighted by Gasteiger charge is 2.62. The van der Waals surface area contributed by atoms with Gasteiger partial charge in [-0.1, -0.05) is 20.3 Å². The minimum atomic E-state index is -0.570. The van der Waals surface area contributed by atoms with Gasteiger partial charge in [0.05, 0.1) is 5.60 Å². The fourth-order valence-electron chi connectivity index (χ4n) is 3.53. The van der Waals surface area contributed by atoms with Gasteiger partial charge in [0, 0.05) is 12.0 Å². The van der Waals surface area contributed by atoms with Gasteiger partial charge in [-0.2, -0.15) is 0 Å². The van der Waals surface area contributed by atoms with Crippen molar-refractivity contribution in [2.24, 2.45) is 22.5 Å². The van der Waals surface area contributed by atoms with Crippen LogP contribution in [0.25, 0.3) is 0 Å². The predicted molar refractivity (Wildman–Crippen MR) is 62.5 cm³/mol. The van der Waals surface area contributed by atoms with Crippen LogP contribution in [0, 0.1) is 16.7 Å². The summed E-state index contributed by atoms with van der Waals surface area (Å²) in [5.74, 6) is 0.724. The lowest BCUT2D eigenvalue weighted by molar-refractivity contribution is -0.115. The second-order valence-electron chi connectivity index (χ2n) is 6.47. The molecule has 2 rings (SSSR count). The molecule has 15 heavy (non-hydrogen) atoms. The van der Waals surface area contributed by atoms with Crippen molar-refractivity contribution in [3.63, 3.8) is 0 Å². The topological polar surface area (TPSA) is 46.2 Å². The zero-order valence-corrected chi connectivity index (χ0v) is 10.3. The van der Waals surface area contributed by atoms with Crippen LogP contribution < -0.4 is 5.73 Å². The number of aliphatic hydroxyl groups is 1. The van der Waals surface area contributed by atoms with Crippen LogP contribution in [0.2, 0.25) is 0 Å². The largest absolute Gasteiger partial charge is 0.389 e. The SMILES string of the molecule is CC1CCC(CN)(C(C)(O)C2(C)CC2)C1. The third-order valence-corrected chi connectivity index (χ3v) is 5.45. The lowest BCUT2D eigenvalue weighted by atomic mass is 9.64. The summed E-state index contributed by atoms with van der Waals surface area (Å²) in [6.07, 6.45) is 5.76. The molecule has 3 N–H and O–H groups in total. The Bertz CT molecular complexity index is 257. The van der Waals surface area contributed by atoms with E-state index >= 15 is 0 Å². The Morgan fingerprint density at radius 2 is 2.00 bits per heavy atom. The first-order chi connectivity index (χ1) is 6.87. The normalized spacial score (nSPS) is 42.6. The number of nitrogens with two attached hydrogens (primary N) is 1. The third-order valence-electron chi connectivity index (χ3n) is 5.45. The Balaban J connectivity index is 2.26. The number of hydrogen-bond donors (Lipinski definition) is 2. The van der Waals surface area contributed by atoms with Gasteiger partial charge < -0.3 is 10.8 Å². The van der Waals surface area contributed by atoms with Crippen LogP contribution >= 0.6 is 0 Å². The van der Waals surface area contributed by atoms with Crippen molar-refractivity contribution < 1.29 is 5.11 Å². The standard InChI is InChI=1S/C13H25NO/c1-10-4-5-13(8-10,9-14)12(3,15)11(2)6-7-11/h10,15H,4-9,14H2,1-3H3. The van der Waals surface area contributed by atoms with Crippen LogP contribution in [0.15, 0.2) is 0 Å². The first kappa shape index (κ1) is 11.4. The molecule has 0 bridgehead atoms. The van der Waals surface area contributed by atoms with E-state index in [0.717, 1.165) is 31.6 Å². The van der Waals surface area contributed by atoms with E-state index in [1.165, 1.54) is 6.42 Å². The summed E-state index contributed by atoms with van der Waals surface area (Å²) in [7, 11) is 0. The highest BCUT2D eigenvalue weighted by atomic mass is 16.3. The first-order valence-corrected chi connectivity index (χ1v) is 6.29. The molecule has 3 atom stereocenters. The van der Waals surface area contributed by atoms with Crippen molar-refractivity contribution in [2.45, 2.75) is 58.5 Å². The average Bonchev–Trinajstić information content (AvgIpc) is 2.80. The Labute approximate surface area is 93.2 Å². The van der Waals surface area contributed by atoms with Crippen molar-refractivity contribution >= 4 is 0 Å². The molecule has 0 aliphatic heterocycles. The van der Waals surface area contributed by atoms with E-state index < -0.39 is 5.60 Å². The Hall–Kier alpha value is -0.0800. The van der Waals surface area contributed by atoms with Crippen molar-refractivity contribution in [3.05, 3.63) is 0 Å². The van der Waals surface area contributed by atoms with Crippen LogP contribution in [-0.2, 0) is 0 Å². The van der Waals surface area contributed by atoms with Gasteiger partial charge in [-0.25, -0.2) is 0 Å². The van der Waals surface area contributed by atoms with Crippen LogP contribution in [0.4, 0.5) is 0 Å². The van der Waals surface area contributed by atoms with Gasteiger partial charge in [0.25, 0.3) is 0 Å². The molecule has 0 aromatic heterocycles. The van der Waals surface area contributed by atoms with Crippen LogP contribution in [0.1, 0.15) is 52.9 Å². The Kier molecular flexibility index (Phi) is 2.44. The lowest BCUT2D eigenvalue weighted by Crippen LogP contribution is -2.54. The molecule has 2 fully saturated rings. The molecule has 2 aliphatic rings. The molecular weight excluding hydrogens is 186 g/mol.